The van der Waals surface area contributed by atoms with Gasteiger partial charge in [-0.3, -0.25) is 0 Å². The van der Waals surface area contributed by atoms with E-state index < -0.39 is 0 Å². The van der Waals surface area contributed by atoms with E-state index in [1.165, 1.54) is 19.3 Å². The van der Waals surface area contributed by atoms with Crippen LogP contribution in [0.3, 0.4) is 0 Å². The summed E-state index contributed by atoms with van der Waals surface area (Å²) in [5.74, 6) is 0. The van der Waals surface area contributed by atoms with Gasteiger partial charge in [-0.25, -0.2) is 4.68 Å². The third-order valence-corrected chi connectivity index (χ3v) is 3.25. The maximum atomic E-state index is 4.21. The molecule has 0 aliphatic heterocycles. The van der Waals surface area contributed by atoms with Gasteiger partial charge in [0.05, 0.1) is 17.6 Å². The van der Waals surface area contributed by atoms with Crippen molar-refractivity contribution in [1.29, 1.82) is 0 Å². The van der Waals surface area contributed by atoms with Crippen LogP contribution in [0.5, 0.6) is 0 Å². The predicted octanol–water partition coefficient (Wildman–Crippen LogP) is 4.37. The van der Waals surface area contributed by atoms with Crippen LogP contribution < -0.4 is 0 Å². The Morgan fingerprint density at radius 2 is 2.00 bits per heavy atom. The Hall–Kier alpha value is -1.42. The standard InChI is InChI=1S/C15H18BrN3/c1-2-3-4-5-14-12-19(18-17-14)15-8-6-13(7-9-15)10-11-16/h6-12H,2-5H2,1H3/b11-10+. The molecule has 0 N–H and O–H groups in total. The lowest BCUT2D eigenvalue weighted by atomic mass is 10.2. The summed E-state index contributed by atoms with van der Waals surface area (Å²) < 4.78 is 1.84. The lowest BCUT2D eigenvalue weighted by Crippen LogP contribution is -1.94. The van der Waals surface area contributed by atoms with Gasteiger partial charge in [0.1, 0.15) is 0 Å². The van der Waals surface area contributed by atoms with E-state index in [0.29, 0.717) is 0 Å². The normalized spacial score (nSPS) is 11.3. The minimum atomic E-state index is 1.01. The summed E-state index contributed by atoms with van der Waals surface area (Å²) in [7, 11) is 0. The molecule has 0 atom stereocenters. The molecule has 0 unspecified atom stereocenters. The van der Waals surface area contributed by atoms with Crippen LogP contribution in [-0.4, -0.2) is 15.0 Å². The SMILES string of the molecule is CCCCCc1cn(-c2ccc(/C=C/Br)cc2)nn1. The van der Waals surface area contributed by atoms with E-state index in [9.17, 15) is 0 Å². The van der Waals surface area contributed by atoms with Gasteiger partial charge in [-0.15, -0.1) is 5.10 Å². The van der Waals surface area contributed by atoms with Crippen molar-refractivity contribution in [2.45, 2.75) is 32.6 Å². The number of aromatic nitrogens is 3. The maximum Gasteiger partial charge on any atom is 0.0831 e. The molecule has 0 radical (unpaired) electrons. The topological polar surface area (TPSA) is 30.7 Å². The average Bonchev–Trinajstić information content (AvgIpc) is 2.89. The van der Waals surface area contributed by atoms with Gasteiger partial charge in [0.25, 0.3) is 0 Å². The first-order chi connectivity index (χ1) is 9.33. The highest BCUT2D eigenvalue weighted by molar-refractivity contribution is 9.11. The van der Waals surface area contributed by atoms with E-state index in [1.54, 1.807) is 0 Å². The number of rotatable bonds is 6. The van der Waals surface area contributed by atoms with Crippen molar-refractivity contribution in [3.8, 4) is 5.69 Å². The molecule has 100 valence electrons. The first-order valence-corrected chi connectivity index (χ1v) is 7.53. The van der Waals surface area contributed by atoms with E-state index >= 15 is 0 Å². The highest BCUT2D eigenvalue weighted by Gasteiger charge is 2.02. The molecule has 0 bridgehead atoms. The molecule has 0 aliphatic carbocycles. The fourth-order valence-corrected chi connectivity index (χ4v) is 2.21. The predicted molar refractivity (Wildman–Crippen MR) is 82.5 cm³/mol. The molecule has 19 heavy (non-hydrogen) atoms. The van der Waals surface area contributed by atoms with E-state index in [2.05, 4.69) is 45.3 Å². The Balaban J connectivity index is 2.05. The Morgan fingerprint density at radius 1 is 1.21 bits per heavy atom. The van der Waals surface area contributed by atoms with Crippen LogP contribution in [0.1, 0.15) is 37.4 Å². The Morgan fingerprint density at radius 3 is 2.68 bits per heavy atom. The van der Waals surface area contributed by atoms with Crippen molar-refractivity contribution in [2.75, 3.05) is 0 Å². The van der Waals surface area contributed by atoms with Crippen molar-refractivity contribution in [1.82, 2.24) is 15.0 Å². The molecule has 0 saturated heterocycles. The van der Waals surface area contributed by atoms with Crippen LogP contribution in [0.15, 0.2) is 35.4 Å². The summed E-state index contributed by atoms with van der Waals surface area (Å²) in [5, 5.41) is 8.39. The van der Waals surface area contributed by atoms with E-state index in [4.69, 9.17) is 0 Å². The number of aryl methyl sites for hydroxylation is 1. The number of benzene rings is 1. The Bertz CT molecular complexity index is 529. The summed E-state index contributed by atoms with van der Waals surface area (Å²) >= 11 is 3.27. The van der Waals surface area contributed by atoms with Crippen LogP contribution >= 0.6 is 15.9 Å². The summed E-state index contributed by atoms with van der Waals surface area (Å²) in [6.45, 7) is 2.21. The lowest BCUT2D eigenvalue weighted by Gasteiger charge is -2.00. The average molecular weight is 320 g/mol. The molecule has 3 nitrogen and oxygen atoms in total. The molecular weight excluding hydrogens is 302 g/mol. The zero-order chi connectivity index (χ0) is 13.5. The molecule has 0 saturated carbocycles. The monoisotopic (exact) mass is 319 g/mol. The Kier molecular flexibility index (Phi) is 5.33. The first-order valence-electron chi connectivity index (χ1n) is 6.62. The molecular formula is C15H18BrN3. The summed E-state index contributed by atoms with van der Waals surface area (Å²) in [6, 6.07) is 8.22. The minimum absolute atomic E-state index is 1.01. The second kappa shape index (κ2) is 7.24. The molecule has 1 aromatic heterocycles. The number of nitrogens with zero attached hydrogens (tertiary/aromatic N) is 3. The number of hydrogen-bond donors (Lipinski definition) is 0. The van der Waals surface area contributed by atoms with Crippen molar-refractivity contribution in [3.63, 3.8) is 0 Å². The van der Waals surface area contributed by atoms with E-state index in [1.807, 2.05) is 34.1 Å². The third-order valence-electron chi connectivity index (χ3n) is 2.99. The van der Waals surface area contributed by atoms with Crippen molar-refractivity contribution >= 4 is 22.0 Å². The summed E-state index contributed by atoms with van der Waals surface area (Å²) in [4.78, 5) is 1.85. The largest absolute Gasteiger partial charge is 0.220 e. The smallest absolute Gasteiger partial charge is 0.0831 e. The van der Waals surface area contributed by atoms with Gasteiger partial charge < -0.3 is 0 Å². The van der Waals surface area contributed by atoms with Crippen LogP contribution in [0, 0.1) is 0 Å². The van der Waals surface area contributed by atoms with E-state index in [0.717, 1.165) is 23.4 Å². The van der Waals surface area contributed by atoms with Crippen LogP contribution in [0.2, 0.25) is 0 Å². The van der Waals surface area contributed by atoms with Gasteiger partial charge in [0.2, 0.25) is 0 Å². The third kappa shape index (κ3) is 4.03. The molecule has 0 spiro atoms. The van der Waals surface area contributed by atoms with Crippen molar-refractivity contribution in [3.05, 3.63) is 46.7 Å². The molecule has 4 heteroatoms. The van der Waals surface area contributed by atoms with Crippen LogP contribution in [0.4, 0.5) is 0 Å². The summed E-state index contributed by atoms with van der Waals surface area (Å²) in [5.41, 5.74) is 3.27. The molecule has 0 amide bonds. The molecule has 1 heterocycles. The number of halogens is 1. The molecule has 1 aromatic carbocycles. The van der Waals surface area contributed by atoms with Crippen molar-refractivity contribution < 1.29 is 0 Å². The second-order valence-corrected chi connectivity index (χ2v) is 5.02. The fraction of sp³-hybridized carbons (Fsp3) is 0.333. The fourth-order valence-electron chi connectivity index (χ4n) is 1.91. The molecule has 0 aliphatic rings. The number of unbranched alkanes of at least 4 members (excludes halogenated alkanes) is 2. The quantitative estimate of drug-likeness (QED) is 0.740. The van der Waals surface area contributed by atoms with Gasteiger partial charge >= 0.3 is 0 Å². The zero-order valence-corrected chi connectivity index (χ0v) is 12.7. The molecule has 0 fully saturated rings. The van der Waals surface area contributed by atoms with Crippen molar-refractivity contribution in [2.24, 2.45) is 0 Å². The van der Waals surface area contributed by atoms with Gasteiger partial charge in [-0.05, 0) is 41.6 Å². The van der Waals surface area contributed by atoms with Gasteiger partial charge in [-0.2, -0.15) is 0 Å². The van der Waals surface area contributed by atoms with Gasteiger partial charge in [-0.1, -0.05) is 53.0 Å². The minimum Gasteiger partial charge on any atom is -0.220 e. The summed E-state index contributed by atoms with van der Waals surface area (Å²) in [6.07, 6.45) is 8.70. The van der Waals surface area contributed by atoms with Crippen LogP contribution in [-0.2, 0) is 6.42 Å². The van der Waals surface area contributed by atoms with E-state index in [-0.39, 0.29) is 0 Å². The van der Waals surface area contributed by atoms with Crippen LogP contribution in [0.25, 0.3) is 11.8 Å². The zero-order valence-electron chi connectivity index (χ0n) is 11.1. The molecule has 2 rings (SSSR count). The number of hydrogen-bond acceptors (Lipinski definition) is 2. The Labute approximate surface area is 122 Å². The molecule has 2 aromatic rings. The highest BCUT2D eigenvalue weighted by Crippen LogP contribution is 2.12. The highest BCUT2D eigenvalue weighted by atomic mass is 79.9. The first kappa shape index (κ1) is 14.0. The maximum absolute atomic E-state index is 4.21. The second-order valence-electron chi connectivity index (χ2n) is 4.50. The van der Waals surface area contributed by atoms with Gasteiger partial charge in [0, 0.05) is 0 Å². The van der Waals surface area contributed by atoms with Gasteiger partial charge in [0.15, 0.2) is 0 Å². The lowest BCUT2D eigenvalue weighted by molar-refractivity contribution is 0.704.